The molecule has 2 atom stereocenters. The summed E-state index contributed by atoms with van der Waals surface area (Å²) in [7, 11) is 0. The summed E-state index contributed by atoms with van der Waals surface area (Å²) >= 11 is 0. The standard InChI is InChI=1S/C12H21N.C6H8O7/c1-10-3-9-4-11(2,6-10)8-12(13,5-9)7-10;7-3(8)1-6(13,5(11)12)2-4(9)10/h9H,3-8,13H2,1-2H3;13H,1-2H2,(H,7,8)(H,9,10)(H,11,12). The van der Waals surface area contributed by atoms with E-state index in [1.807, 2.05) is 0 Å². The molecule has 8 nitrogen and oxygen atoms in total. The molecule has 0 aromatic rings. The molecule has 8 heteroatoms. The van der Waals surface area contributed by atoms with E-state index in [4.69, 9.17) is 26.2 Å². The minimum absolute atomic E-state index is 0.225. The van der Waals surface area contributed by atoms with Crippen LogP contribution in [0.4, 0.5) is 0 Å². The summed E-state index contributed by atoms with van der Waals surface area (Å²) in [5.74, 6) is -4.06. The second kappa shape index (κ2) is 6.49. The number of hydrogen-bond donors (Lipinski definition) is 5. The van der Waals surface area contributed by atoms with Gasteiger partial charge in [0, 0.05) is 5.54 Å². The number of aliphatic carboxylic acids is 3. The molecule has 2 unspecified atom stereocenters. The fourth-order valence-corrected chi connectivity index (χ4v) is 6.25. The summed E-state index contributed by atoms with van der Waals surface area (Å²) in [5.41, 5.74) is 5.18. The minimum atomic E-state index is -2.74. The number of hydrogen-bond acceptors (Lipinski definition) is 5. The van der Waals surface area contributed by atoms with Gasteiger partial charge in [0.2, 0.25) is 0 Å². The molecule has 4 bridgehead atoms. The quantitative estimate of drug-likeness (QED) is 0.485. The van der Waals surface area contributed by atoms with Crippen LogP contribution in [0.3, 0.4) is 0 Å². The van der Waals surface area contributed by atoms with E-state index in [0.29, 0.717) is 10.8 Å². The third-order valence-corrected chi connectivity index (χ3v) is 5.95. The molecule has 4 fully saturated rings. The van der Waals surface area contributed by atoms with E-state index in [1.165, 1.54) is 38.5 Å². The van der Waals surface area contributed by atoms with Crippen molar-refractivity contribution in [1.29, 1.82) is 0 Å². The van der Waals surface area contributed by atoms with Crippen LogP contribution in [0.15, 0.2) is 0 Å². The van der Waals surface area contributed by atoms with Gasteiger partial charge in [-0.15, -0.1) is 0 Å². The van der Waals surface area contributed by atoms with Crippen LogP contribution < -0.4 is 5.73 Å². The highest BCUT2D eigenvalue weighted by molar-refractivity contribution is 5.88. The average molecular weight is 371 g/mol. The molecule has 148 valence electrons. The third kappa shape index (κ3) is 4.54. The highest BCUT2D eigenvalue weighted by Gasteiger charge is 2.58. The van der Waals surface area contributed by atoms with Gasteiger partial charge in [0.15, 0.2) is 5.60 Å². The lowest BCUT2D eigenvalue weighted by atomic mass is 9.43. The van der Waals surface area contributed by atoms with Crippen LogP contribution >= 0.6 is 0 Å². The topological polar surface area (TPSA) is 158 Å². The van der Waals surface area contributed by atoms with Crippen molar-refractivity contribution in [1.82, 2.24) is 0 Å². The van der Waals surface area contributed by atoms with Crippen LogP contribution in [0.5, 0.6) is 0 Å². The largest absolute Gasteiger partial charge is 0.481 e. The maximum atomic E-state index is 10.3. The molecule has 26 heavy (non-hydrogen) atoms. The Morgan fingerprint density at radius 2 is 1.35 bits per heavy atom. The SMILES string of the molecule is CC12CC3CC(C)(C1)CC(N)(C3)C2.O=C(O)CC(O)(CC(=O)O)C(=O)O. The van der Waals surface area contributed by atoms with Gasteiger partial charge in [-0.3, -0.25) is 9.59 Å². The Kier molecular flexibility index (Phi) is 5.15. The number of nitrogens with two attached hydrogens (primary N) is 1. The fraction of sp³-hybridized carbons (Fsp3) is 0.833. The summed E-state index contributed by atoms with van der Waals surface area (Å²) in [6.45, 7) is 4.94. The van der Waals surface area contributed by atoms with Crippen molar-refractivity contribution in [3.8, 4) is 0 Å². The zero-order valence-corrected chi connectivity index (χ0v) is 15.3. The van der Waals surface area contributed by atoms with Gasteiger partial charge in [-0.25, -0.2) is 4.79 Å². The van der Waals surface area contributed by atoms with Crippen LogP contribution in [-0.2, 0) is 14.4 Å². The molecule has 0 radical (unpaired) electrons. The van der Waals surface area contributed by atoms with Gasteiger partial charge < -0.3 is 26.2 Å². The van der Waals surface area contributed by atoms with E-state index < -0.39 is 36.4 Å². The van der Waals surface area contributed by atoms with E-state index in [0.717, 1.165) is 5.92 Å². The Labute approximate surface area is 152 Å². The molecule has 4 saturated carbocycles. The van der Waals surface area contributed by atoms with E-state index >= 15 is 0 Å². The predicted molar refractivity (Wildman–Crippen MR) is 91.4 cm³/mol. The molecule has 4 aliphatic carbocycles. The third-order valence-electron chi connectivity index (χ3n) is 5.95. The van der Waals surface area contributed by atoms with Crippen molar-refractivity contribution in [2.45, 2.75) is 76.4 Å². The summed E-state index contributed by atoms with van der Waals surface area (Å²) in [6.07, 6.45) is 5.98. The number of carbonyl (C=O) groups is 3. The molecule has 0 spiro atoms. The molecule has 0 amide bonds. The number of carboxylic acids is 3. The van der Waals surface area contributed by atoms with E-state index in [2.05, 4.69) is 13.8 Å². The highest BCUT2D eigenvalue weighted by Crippen LogP contribution is 2.65. The van der Waals surface area contributed by atoms with Crippen LogP contribution in [0.1, 0.15) is 65.2 Å². The molecular weight excluding hydrogens is 342 g/mol. The summed E-state index contributed by atoms with van der Waals surface area (Å²) in [4.78, 5) is 30.5. The van der Waals surface area contributed by atoms with Crippen molar-refractivity contribution in [2.24, 2.45) is 22.5 Å². The number of carboxylic acid groups (broad SMARTS) is 3. The van der Waals surface area contributed by atoms with Crippen molar-refractivity contribution < 1.29 is 34.8 Å². The van der Waals surface area contributed by atoms with Gasteiger partial charge >= 0.3 is 17.9 Å². The predicted octanol–water partition coefficient (Wildman–Crippen LogP) is 1.45. The zero-order valence-electron chi connectivity index (χ0n) is 15.3. The average Bonchev–Trinajstić information content (AvgIpc) is 2.30. The molecule has 0 aromatic heterocycles. The molecule has 4 rings (SSSR count). The molecule has 0 aliphatic heterocycles. The van der Waals surface area contributed by atoms with Gasteiger partial charge in [-0.2, -0.15) is 0 Å². The van der Waals surface area contributed by atoms with E-state index in [1.54, 1.807) is 0 Å². The number of aliphatic hydroxyl groups is 1. The Bertz CT molecular complexity index is 550. The van der Waals surface area contributed by atoms with Crippen LogP contribution in [0.25, 0.3) is 0 Å². The van der Waals surface area contributed by atoms with Gasteiger partial charge in [0.1, 0.15) is 0 Å². The second-order valence-electron chi connectivity index (χ2n) is 9.47. The Balaban J connectivity index is 0.000000187. The zero-order chi connectivity index (χ0) is 20.0. The van der Waals surface area contributed by atoms with E-state index in [-0.39, 0.29) is 5.54 Å². The normalized spacial score (nSPS) is 37.6. The first kappa shape index (κ1) is 20.6. The maximum Gasteiger partial charge on any atom is 0.336 e. The van der Waals surface area contributed by atoms with Gasteiger partial charge in [-0.1, -0.05) is 13.8 Å². The highest BCUT2D eigenvalue weighted by atomic mass is 16.4. The molecule has 6 N–H and O–H groups in total. The first-order chi connectivity index (χ1) is 11.7. The first-order valence-corrected chi connectivity index (χ1v) is 8.87. The van der Waals surface area contributed by atoms with Crippen molar-refractivity contribution >= 4 is 17.9 Å². The van der Waals surface area contributed by atoms with Crippen molar-refractivity contribution in [3.63, 3.8) is 0 Å². The molecule has 4 aliphatic rings. The summed E-state index contributed by atoms with van der Waals surface area (Å²) < 4.78 is 0. The summed E-state index contributed by atoms with van der Waals surface area (Å²) in [6, 6.07) is 0. The second-order valence-corrected chi connectivity index (χ2v) is 9.47. The van der Waals surface area contributed by atoms with Gasteiger partial charge in [0.05, 0.1) is 12.8 Å². The Morgan fingerprint density at radius 3 is 1.62 bits per heavy atom. The van der Waals surface area contributed by atoms with E-state index in [9.17, 15) is 14.4 Å². The number of rotatable bonds is 5. The molecular formula is C18H29NO7. The lowest BCUT2D eigenvalue weighted by Crippen LogP contribution is -2.62. The lowest BCUT2D eigenvalue weighted by molar-refractivity contribution is -0.170. The lowest BCUT2D eigenvalue weighted by Gasteiger charge is -2.64. The Hall–Kier alpha value is -1.67. The Morgan fingerprint density at radius 1 is 0.923 bits per heavy atom. The minimum Gasteiger partial charge on any atom is -0.481 e. The van der Waals surface area contributed by atoms with Crippen LogP contribution in [-0.4, -0.2) is 49.5 Å². The molecule has 0 saturated heterocycles. The van der Waals surface area contributed by atoms with Gasteiger partial charge in [-0.05, 0) is 55.3 Å². The van der Waals surface area contributed by atoms with Crippen LogP contribution in [0, 0.1) is 16.7 Å². The fourth-order valence-electron chi connectivity index (χ4n) is 6.25. The first-order valence-electron chi connectivity index (χ1n) is 8.87. The molecule has 0 heterocycles. The summed E-state index contributed by atoms with van der Waals surface area (Å²) in [5, 5.41) is 33.8. The van der Waals surface area contributed by atoms with Crippen molar-refractivity contribution in [3.05, 3.63) is 0 Å². The smallest absolute Gasteiger partial charge is 0.336 e. The van der Waals surface area contributed by atoms with Crippen LogP contribution in [0.2, 0.25) is 0 Å². The maximum absolute atomic E-state index is 10.3. The van der Waals surface area contributed by atoms with Crippen molar-refractivity contribution in [2.75, 3.05) is 0 Å². The monoisotopic (exact) mass is 371 g/mol. The molecule has 0 aromatic carbocycles. The van der Waals surface area contributed by atoms with Gasteiger partial charge in [0.25, 0.3) is 0 Å².